The van der Waals surface area contributed by atoms with Crippen molar-refractivity contribution in [1.82, 2.24) is 0 Å². The van der Waals surface area contributed by atoms with Gasteiger partial charge in [0.15, 0.2) is 0 Å². The van der Waals surface area contributed by atoms with Crippen LogP contribution in [0.4, 0.5) is 5.69 Å². The van der Waals surface area contributed by atoms with Crippen LogP contribution >= 0.6 is 0 Å². The van der Waals surface area contributed by atoms with Gasteiger partial charge in [-0.25, -0.2) is 0 Å². The van der Waals surface area contributed by atoms with E-state index in [9.17, 15) is 9.59 Å². The van der Waals surface area contributed by atoms with Crippen LogP contribution in [-0.4, -0.2) is 15.8 Å². The third kappa shape index (κ3) is 3.70. The van der Waals surface area contributed by atoms with Crippen LogP contribution in [0.5, 0.6) is 0 Å². The molecule has 22 heavy (non-hydrogen) atoms. The summed E-state index contributed by atoms with van der Waals surface area (Å²) in [6.45, 7) is 11.2. The maximum absolute atomic E-state index is 11.9. The van der Waals surface area contributed by atoms with E-state index in [1.54, 1.807) is 0 Å². The SMILES string of the molecule is CCC(C)(C)[AsH]c1c(NCc2cc(C)cc(C)c2)c(=O)c1=O. The summed E-state index contributed by atoms with van der Waals surface area (Å²) in [5.74, 6) is 0. The molecule has 0 aliphatic rings. The first-order valence-electron chi connectivity index (χ1n) is 7.66. The molecule has 0 radical (unpaired) electrons. The summed E-state index contributed by atoms with van der Waals surface area (Å²) in [7, 11) is 0. The van der Waals surface area contributed by atoms with E-state index in [0.717, 1.165) is 16.3 Å². The molecule has 0 amide bonds. The Morgan fingerprint density at radius 1 is 1.05 bits per heavy atom. The first-order chi connectivity index (χ1) is 10.2. The van der Waals surface area contributed by atoms with E-state index in [0.29, 0.717) is 12.2 Å². The van der Waals surface area contributed by atoms with Gasteiger partial charge in [0.2, 0.25) is 0 Å². The Morgan fingerprint density at radius 3 is 2.18 bits per heavy atom. The van der Waals surface area contributed by atoms with E-state index in [1.165, 1.54) is 11.1 Å². The standard InChI is InChI=1S/C18H24AsNO2/c1-6-18(4,5)19-14-15(17(22)16(14)21)20-10-13-8-11(2)7-12(3)9-13/h7-9,19-20H,6,10H2,1-5H3. The third-order valence-electron chi connectivity index (χ3n) is 4.01. The minimum atomic E-state index is -0.605. The normalized spacial score (nSPS) is 12.4. The number of rotatable bonds is 6. The Kier molecular flexibility index (Phi) is 4.96. The fourth-order valence-electron chi connectivity index (χ4n) is 2.47. The first-order valence-corrected chi connectivity index (χ1v) is 9.76. The van der Waals surface area contributed by atoms with Crippen LogP contribution in [0.3, 0.4) is 0 Å². The van der Waals surface area contributed by atoms with E-state index in [-0.39, 0.29) is 15.1 Å². The zero-order chi connectivity index (χ0) is 16.5. The summed E-state index contributed by atoms with van der Waals surface area (Å²) >= 11 is -0.605. The average molecular weight is 361 g/mol. The minimum absolute atomic E-state index is 0.165. The Hall–Kier alpha value is -1.34. The number of nitrogens with one attached hydrogen (secondary N) is 1. The molecule has 2 rings (SSSR count). The van der Waals surface area contributed by atoms with Gasteiger partial charge in [0.25, 0.3) is 0 Å². The van der Waals surface area contributed by atoms with Gasteiger partial charge < -0.3 is 0 Å². The molecule has 4 heteroatoms. The van der Waals surface area contributed by atoms with Crippen molar-refractivity contribution in [3.8, 4) is 0 Å². The Morgan fingerprint density at radius 2 is 1.64 bits per heavy atom. The van der Waals surface area contributed by atoms with Crippen molar-refractivity contribution in [2.75, 3.05) is 5.32 Å². The predicted molar refractivity (Wildman–Crippen MR) is 95.7 cm³/mol. The van der Waals surface area contributed by atoms with Crippen LogP contribution in [0, 0.1) is 13.8 Å². The molecule has 118 valence electrons. The molecular weight excluding hydrogens is 337 g/mol. The molecule has 0 spiro atoms. The van der Waals surface area contributed by atoms with Crippen molar-refractivity contribution in [2.45, 2.75) is 51.8 Å². The number of aryl methyl sites for hydroxylation is 2. The van der Waals surface area contributed by atoms with E-state index < -0.39 is 15.8 Å². The summed E-state index contributed by atoms with van der Waals surface area (Å²) < 4.78 is 0.958. The van der Waals surface area contributed by atoms with Crippen LogP contribution in [0.15, 0.2) is 27.8 Å². The fraction of sp³-hybridized carbons (Fsp3) is 0.444. The summed E-state index contributed by atoms with van der Waals surface area (Å²) in [4.78, 5) is 23.7. The molecular formula is C18H24AsNO2. The molecule has 0 saturated heterocycles. The Labute approximate surface area is 138 Å². The second-order valence-electron chi connectivity index (χ2n) is 6.62. The molecule has 1 N–H and O–H groups in total. The van der Waals surface area contributed by atoms with Crippen LogP contribution < -0.4 is 20.5 Å². The molecule has 2 aromatic carbocycles. The molecule has 3 nitrogen and oxygen atoms in total. The first kappa shape index (κ1) is 17.0. The Balaban J connectivity index is 2.16. The molecule has 0 fully saturated rings. The van der Waals surface area contributed by atoms with Crippen LogP contribution in [0.2, 0.25) is 4.20 Å². The molecule has 2 aromatic rings. The van der Waals surface area contributed by atoms with Gasteiger partial charge in [-0.15, -0.1) is 0 Å². The second-order valence-corrected chi connectivity index (χ2v) is 11.0. The molecule has 1 atom stereocenters. The van der Waals surface area contributed by atoms with Gasteiger partial charge in [0.05, 0.1) is 0 Å². The van der Waals surface area contributed by atoms with Crippen molar-refractivity contribution in [1.29, 1.82) is 0 Å². The van der Waals surface area contributed by atoms with Crippen molar-refractivity contribution in [3.63, 3.8) is 0 Å². The molecule has 1 unspecified atom stereocenters. The van der Waals surface area contributed by atoms with Crippen molar-refractivity contribution in [3.05, 3.63) is 55.3 Å². The predicted octanol–water partition coefficient (Wildman–Crippen LogP) is 2.18. The van der Waals surface area contributed by atoms with Crippen molar-refractivity contribution < 1.29 is 0 Å². The molecule has 0 aromatic heterocycles. The van der Waals surface area contributed by atoms with Gasteiger partial charge in [-0.1, -0.05) is 0 Å². The summed E-state index contributed by atoms with van der Waals surface area (Å²) in [5, 5.41) is 3.21. The van der Waals surface area contributed by atoms with Gasteiger partial charge in [0.1, 0.15) is 0 Å². The van der Waals surface area contributed by atoms with Gasteiger partial charge in [-0.2, -0.15) is 0 Å². The van der Waals surface area contributed by atoms with Gasteiger partial charge in [0, 0.05) is 0 Å². The number of benzene rings is 1. The Bertz CT molecular complexity index is 735. The summed E-state index contributed by atoms with van der Waals surface area (Å²) in [6, 6.07) is 6.34. The van der Waals surface area contributed by atoms with E-state index in [2.05, 4.69) is 58.1 Å². The average Bonchev–Trinajstić information content (AvgIpc) is 2.44. The summed E-state index contributed by atoms with van der Waals surface area (Å²) in [5.41, 5.74) is 3.54. The molecule has 0 aliphatic carbocycles. The van der Waals surface area contributed by atoms with E-state index in [4.69, 9.17) is 0 Å². The van der Waals surface area contributed by atoms with Crippen LogP contribution in [-0.2, 0) is 6.54 Å². The summed E-state index contributed by atoms with van der Waals surface area (Å²) in [6.07, 6.45) is 1.03. The van der Waals surface area contributed by atoms with Crippen molar-refractivity contribution in [2.24, 2.45) is 0 Å². The molecule has 0 heterocycles. The third-order valence-corrected chi connectivity index (χ3v) is 7.70. The molecule has 0 aliphatic heterocycles. The number of hydrogen-bond acceptors (Lipinski definition) is 3. The monoisotopic (exact) mass is 361 g/mol. The van der Waals surface area contributed by atoms with Gasteiger partial charge in [-0.3, -0.25) is 0 Å². The second kappa shape index (κ2) is 6.42. The van der Waals surface area contributed by atoms with Gasteiger partial charge in [-0.05, 0) is 0 Å². The van der Waals surface area contributed by atoms with Gasteiger partial charge >= 0.3 is 138 Å². The van der Waals surface area contributed by atoms with E-state index in [1.807, 2.05) is 0 Å². The maximum atomic E-state index is 11.9. The van der Waals surface area contributed by atoms with E-state index >= 15 is 0 Å². The van der Waals surface area contributed by atoms with Crippen LogP contribution in [0.25, 0.3) is 0 Å². The fourth-order valence-corrected chi connectivity index (χ4v) is 5.42. The topological polar surface area (TPSA) is 46.2 Å². The number of hydrogen-bond donors (Lipinski definition) is 1. The quantitative estimate of drug-likeness (QED) is 0.634. The molecule has 0 bridgehead atoms. The van der Waals surface area contributed by atoms with Crippen molar-refractivity contribution >= 4 is 25.8 Å². The van der Waals surface area contributed by atoms with Crippen LogP contribution in [0.1, 0.15) is 43.9 Å². The molecule has 0 saturated carbocycles. The number of anilines is 1. The zero-order valence-electron chi connectivity index (χ0n) is 14.0. The zero-order valence-corrected chi connectivity index (χ0v) is 16.1.